The molecule has 0 radical (unpaired) electrons. The maximum atomic E-state index is 13.3. The lowest BCUT2D eigenvalue weighted by Gasteiger charge is -2.11. The Morgan fingerprint density at radius 1 is 0.510 bits per heavy atom. The van der Waals surface area contributed by atoms with Crippen molar-refractivity contribution in [2.75, 3.05) is 13.2 Å². The molecule has 8 heteroatoms. The average molecular weight is 693 g/mol. The number of esters is 2. The summed E-state index contributed by atoms with van der Waals surface area (Å²) in [5.74, 6) is 0.542. The topological polar surface area (TPSA) is 95.8 Å². The number of unbranched alkanes of at least 4 members (excludes halogenated alkanes) is 10. The molecule has 0 atom stereocenters. The van der Waals surface area contributed by atoms with Gasteiger partial charge in [-0.3, -0.25) is 0 Å². The number of aryl methyl sites for hydroxylation is 1. The largest absolute Gasteiger partial charge is 0.494 e. The van der Waals surface area contributed by atoms with Crippen LogP contribution in [0.25, 0.3) is 0 Å². The predicted octanol–water partition coefficient (Wildman–Crippen LogP) is 12.3. The Bertz CT molecular complexity index is 1650. The number of hydrogen-bond donors (Lipinski definition) is 0. The van der Waals surface area contributed by atoms with Crippen molar-refractivity contribution in [3.63, 3.8) is 0 Å². The number of ether oxygens (including phenoxy) is 4. The van der Waals surface area contributed by atoms with Crippen LogP contribution in [0.15, 0.2) is 101 Å². The van der Waals surface area contributed by atoms with Crippen molar-refractivity contribution < 1.29 is 28.5 Å². The molecule has 0 aliphatic rings. The van der Waals surface area contributed by atoms with Gasteiger partial charge in [-0.25, -0.2) is 9.59 Å². The van der Waals surface area contributed by atoms with E-state index in [1.165, 1.54) is 57.4 Å². The highest BCUT2D eigenvalue weighted by Crippen LogP contribution is 2.34. The molecule has 0 amide bonds. The Morgan fingerprint density at radius 3 is 1.51 bits per heavy atom. The molecule has 0 fully saturated rings. The van der Waals surface area contributed by atoms with E-state index in [1.807, 2.05) is 31.2 Å². The molecule has 0 N–H and O–H groups in total. The standard InChI is InChI=1S/C43H52N2O6/c1-4-6-8-10-12-14-30-48-37-24-18-34(19-25-37)42(46)50-39-28-29-40(45-44-36-22-16-33(3)17-23-36)41(32-39)51-43(47)35-20-26-38(27-21-35)49-31-15-13-11-9-7-5-2/h16-29,32H,4-15,30-31H2,1-3H3. The fraction of sp³-hybridized carbons (Fsp3) is 0.395. The van der Waals surface area contributed by atoms with Crippen LogP contribution in [0.4, 0.5) is 11.4 Å². The molecule has 0 heterocycles. The molecule has 0 bridgehead atoms. The minimum atomic E-state index is -0.593. The summed E-state index contributed by atoms with van der Waals surface area (Å²) in [6.45, 7) is 7.69. The van der Waals surface area contributed by atoms with Crippen LogP contribution in [-0.4, -0.2) is 25.2 Å². The summed E-state index contributed by atoms with van der Waals surface area (Å²) in [6, 6.07) is 25.9. The first-order valence-corrected chi connectivity index (χ1v) is 18.5. The quantitative estimate of drug-likeness (QED) is 0.0352. The Balaban J connectivity index is 1.39. The first-order chi connectivity index (χ1) is 24.9. The molecule has 8 nitrogen and oxygen atoms in total. The van der Waals surface area contributed by atoms with Gasteiger partial charge in [0.15, 0.2) is 5.75 Å². The van der Waals surface area contributed by atoms with E-state index in [2.05, 4.69) is 24.1 Å². The normalized spacial score (nSPS) is 11.0. The van der Waals surface area contributed by atoms with Crippen LogP contribution >= 0.6 is 0 Å². The molecule has 270 valence electrons. The van der Waals surface area contributed by atoms with Gasteiger partial charge in [0, 0.05) is 6.07 Å². The molecule has 0 aliphatic heterocycles. The minimum Gasteiger partial charge on any atom is -0.494 e. The fourth-order valence-electron chi connectivity index (χ4n) is 5.29. The summed E-state index contributed by atoms with van der Waals surface area (Å²) in [4.78, 5) is 26.3. The third kappa shape index (κ3) is 14.0. The third-order valence-corrected chi connectivity index (χ3v) is 8.36. The van der Waals surface area contributed by atoms with E-state index in [4.69, 9.17) is 18.9 Å². The van der Waals surface area contributed by atoms with Crippen molar-refractivity contribution in [1.82, 2.24) is 0 Å². The number of azo groups is 1. The molecule has 0 unspecified atom stereocenters. The summed E-state index contributed by atoms with van der Waals surface area (Å²) in [7, 11) is 0. The molecule has 4 aromatic carbocycles. The lowest BCUT2D eigenvalue weighted by atomic mass is 10.1. The maximum absolute atomic E-state index is 13.3. The first kappa shape index (κ1) is 38.8. The van der Waals surface area contributed by atoms with Crippen molar-refractivity contribution in [2.45, 2.75) is 97.8 Å². The van der Waals surface area contributed by atoms with Gasteiger partial charge in [-0.15, -0.1) is 5.11 Å². The second kappa shape index (κ2) is 22.0. The van der Waals surface area contributed by atoms with E-state index >= 15 is 0 Å². The zero-order chi connectivity index (χ0) is 36.1. The highest BCUT2D eigenvalue weighted by atomic mass is 16.5. The number of nitrogens with zero attached hydrogens (tertiary/aromatic N) is 2. The van der Waals surface area contributed by atoms with Gasteiger partial charge in [0.05, 0.1) is 30.0 Å². The van der Waals surface area contributed by atoms with E-state index in [0.29, 0.717) is 47.2 Å². The van der Waals surface area contributed by atoms with Crippen LogP contribution < -0.4 is 18.9 Å². The molecule has 0 saturated heterocycles. The van der Waals surface area contributed by atoms with E-state index in [-0.39, 0.29) is 11.5 Å². The highest BCUT2D eigenvalue weighted by Gasteiger charge is 2.16. The zero-order valence-electron chi connectivity index (χ0n) is 30.4. The van der Waals surface area contributed by atoms with Gasteiger partial charge >= 0.3 is 11.9 Å². The Hall–Kier alpha value is -4.98. The lowest BCUT2D eigenvalue weighted by Crippen LogP contribution is -2.10. The Morgan fingerprint density at radius 2 is 0.980 bits per heavy atom. The van der Waals surface area contributed by atoms with Crippen molar-refractivity contribution in [3.05, 3.63) is 108 Å². The van der Waals surface area contributed by atoms with Gasteiger partial charge in [0.25, 0.3) is 0 Å². The zero-order valence-corrected chi connectivity index (χ0v) is 30.4. The summed E-state index contributed by atoms with van der Waals surface area (Å²) >= 11 is 0. The molecular weight excluding hydrogens is 640 g/mol. The van der Waals surface area contributed by atoms with Gasteiger partial charge in [-0.2, -0.15) is 5.11 Å². The van der Waals surface area contributed by atoms with Crippen molar-refractivity contribution in [1.29, 1.82) is 0 Å². The van der Waals surface area contributed by atoms with Crippen LogP contribution in [0.3, 0.4) is 0 Å². The molecule has 0 aliphatic carbocycles. The molecule has 4 aromatic rings. The monoisotopic (exact) mass is 692 g/mol. The number of hydrogen-bond acceptors (Lipinski definition) is 8. The second-order valence-corrected chi connectivity index (χ2v) is 12.7. The molecule has 0 saturated carbocycles. The predicted molar refractivity (Wildman–Crippen MR) is 202 cm³/mol. The van der Waals surface area contributed by atoms with Crippen molar-refractivity contribution in [3.8, 4) is 23.0 Å². The van der Waals surface area contributed by atoms with Crippen LogP contribution in [0.5, 0.6) is 23.0 Å². The smallest absolute Gasteiger partial charge is 0.343 e. The Kier molecular flexibility index (Phi) is 16.7. The van der Waals surface area contributed by atoms with Crippen molar-refractivity contribution >= 4 is 23.3 Å². The first-order valence-electron chi connectivity index (χ1n) is 18.5. The molecule has 51 heavy (non-hydrogen) atoms. The third-order valence-electron chi connectivity index (χ3n) is 8.36. The number of carbonyl (C=O) groups is 2. The number of carbonyl (C=O) groups excluding carboxylic acids is 2. The molecule has 0 spiro atoms. The van der Waals surface area contributed by atoms with Crippen LogP contribution in [0, 0.1) is 6.92 Å². The molecule has 0 aromatic heterocycles. The van der Waals surface area contributed by atoms with Crippen LogP contribution in [0.2, 0.25) is 0 Å². The van der Waals surface area contributed by atoms with E-state index in [1.54, 1.807) is 60.7 Å². The fourth-order valence-corrected chi connectivity index (χ4v) is 5.29. The van der Waals surface area contributed by atoms with E-state index in [0.717, 1.165) is 31.2 Å². The van der Waals surface area contributed by atoms with Crippen LogP contribution in [0.1, 0.15) is 117 Å². The number of rotatable bonds is 22. The second-order valence-electron chi connectivity index (χ2n) is 12.7. The average Bonchev–Trinajstić information content (AvgIpc) is 3.15. The SMILES string of the molecule is CCCCCCCCOc1ccc(C(=O)Oc2ccc(N=Nc3ccc(C)cc3)c(OC(=O)c3ccc(OCCCCCCCC)cc3)c2)cc1. The molecule has 4 rings (SSSR count). The maximum Gasteiger partial charge on any atom is 0.343 e. The number of benzene rings is 4. The van der Waals surface area contributed by atoms with Gasteiger partial charge < -0.3 is 18.9 Å². The van der Waals surface area contributed by atoms with E-state index in [9.17, 15) is 9.59 Å². The Labute approximate surface area is 303 Å². The molecular formula is C43H52N2O6. The van der Waals surface area contributed by atoms with Gasteiger partial charge in [0.2, 0.25) is 0 Å². The van der Waals surface area contributed by atoms with E-state index < -0.39 is 11.9 Å². The minimum absolute atomic E-state index is 0.100. The van der Waals surface area contributed by atoms with Crippen molar-refractivity contribution in [2.24, 2.45) is 10.2 Å². The van der Waals surface area contributed by atoms with Crippen LogP contribution in [-0.2, 0) is 0 Å². The van der Waals surface area contributed by atoms with Gasteiger partial charge in [-0.1, -0.05) is 95.8 Å². The summed E-state index contributed by atoms with van der Waals surface area (Å²) in [5, 5.41) is 8.66. The summed E-state index contributed by atoms with van der Waals surface area (Å²) < 4.78 is 23.2. The summed E-state index contributed by atoms with van der Waals surface area (Å²) in [5.41, 5.74) is 2.75. The highest BCUT2D eigenvalue weighted by molar-refractivity contribution is 5.93. The summed E-state index contributed by atoms with van der Waals surface area (Å²) in [6.07, 6.45) is 14.3. The lowest BCUT2D eigenvalue weighted by molar-refractivity contribution is 0.0733. The van der Waals surface area contributed by atoms with Gasteiger partial charge in [0.1, 0.15) is 22.9 Å². The van der Waals surface area contributed by atoms with Gasteiger partial charge in [-0.05, 0) is 92.6 Å².